The third kappa shape index (κ3) is 3.50. The van der Waals surface area contributed by atoms with Crippen LogP contribution in [0, 0.1) is 20.8 Å². The molecular formula is C21H24N4O4. The molecular weight excluding hydrogens is 372 g/mol. The summed E-state index contributed by atoms with van der Waals surface area (Å²) in [6.07, 6.45) is 0.745. The maximum atomic E-state index is 13.5. The smallest absolute Gasteiger partial charge is 0.259 e. The highest BCUT2D eigenvalue weighted by Gasteiger charge is 2.26. The van der Waals surface area contributed by atoms with E-state index in [1.165, 1.54) is 0 Å². The quantitative estimate of drug-likeness (QED) is 0.661. The monoisotopic (exact) mass is 396 g/mol. The van der Waals surface area contributed by atoms with Crippen LogP contribution in [0.5, 0.6) is 0 Å². The molecule has 4 rings (SSSR count). The van der Waals surface area contributed by atoms with Crippen LogP contribution < -0.4 is 0 Å². The molecule has 0 bridgehead atoms. The maximum absolute atomic E-state index is 13.5. The summed E-state index contributed by atoms with van der Waals surface area (Å²) in [6.45, 7) is 9.38. The van der Waals surface area contributed by atoms with E-state index in [-0.39, 0.29) is 11.8 Å². The Bertz CT molecular complexity index is 1100. The van der Waals surface area contributed by atoms with Crippen LogP contribution in [0.4, 0.5) is 0 Å². The van der Waals surface area contributed by atoms with Crippen LogP contribution >= 0.6 is 0 Å². The van der Waals surface area contributed by atoms with Gasteiger partial charge in [0, 0.05) is 38.7 Å². The molecule has 1 saturated heterocycles. The summed E-state index contributed by atoms with van der Waals surface area (Å²) >= 11 is 0. The number of furan rings is 1. The van der Waals surface area contributed by atoms with E-state index in [9.17, 15) is 9.59 Å². The molecule has 0 unspecified atom stereocenters. The molecule has 3 aromatic rings. The minimum Gasteiger partial charge on any atom is -0.466 e. The zero-order valence-electron chi connectivity index (χ0n) is 17.1. The lowest BCUT2D eigenvalue weighted by atomic mass is 10.0. The van der Waals surface area contributed by atoms with Gasteiger partial charge in [-0.1, -0.05) is 5.16 Å². The first-order valence-corrected chi connectivity index (χ1v) is 9.74. The van der Waals surface area contributed by atoms with Crippen molar-refractivity contribution in [2.75, 3.05) is 26.2 Å². The van der Waals surface area contributed by atoms with Crippen LogP contribution in [0.2, 0.25) is 0 Å². The van der Waals surface area contributed by atoms with Gasteiger partial charge in [-0.15, -0.1) is 0 Å². The van der Waals surface area contributed by atoms with Crippen molar-refractivity contribution in [2.24, 2.45) is 0 Å². The number of hydrogen-bond acceptors (Lipinski definition) is 6. The second-order valence-corrected chi connectivity index (χ2v) is 7.48. The van der Waals surface area contributed by atoms with Gasteiger partial charge >= 0.3 is 0 Å². The van der Waals surface area contributed by atoms with Gasteiger partial charge in [-0.05, 0) is 39.3 Å². The molecule has 0 N–H and O–H groups in total. The normalized spacial score (nSPS) is 15.0. The van der Waals surface area contributed by atoms with Crippen molar-refractivity contribution in [1.29, 1.82) is 0 Å². The molecule has 2 amide bonds. The summed E-state index contributed by atoms with van der Waals surface area (Å²) in [7, 11) is 0. The predicted molar refractivity (Wildman–Crippen MR) is 106 cm³/mol. The van der Waals surface area contributed by atoms with Crippen molar-refractivity contribution < 1.29 is 18.5 Å². The Morgan fingerprint density at radius 2 is 1.76 bits per heavy atom. The number of aryl methyl sites for hydroxylation is 3. The molecule has 1 aliphatic rings. The van der Waals surface area contributed by atoms with Crippen LogP contribution in [0.15, 0.2) is 21.1 Å². The molecule has 0 spiro atoms. The standard InChI is InChI=1S/C21H24N4O4/c1-12-10-16(14(3)28-12)18-11-17(19-13(2)23-29-20(19)22-18)21(27)25-7-5-6-24(8-9-25)15(4)26/h10-11H,5-9H2,1-4H3. The summed E-state index contributed by atoms with van der Waals surface area (Å²) in [5.41, 5.74) is 2.92. The highest BCUT2D eigenvalue weighted by atomic mass is 16.5. The van der Waals surface area contributed by atoms with Crippen LogP contribution in [0.25, 0.3) is 22.4 Å². The minimum absolute atomic E-state index is 0.0357. The van der Waals surface area contributed by atoms with Gasteiger partial charge in [-0.2, -0.15) is 0 Å². The first kappa shape index (κ1) is 19.2. The summed E-state index contributed by atoms with van der Waals surface area (Å²) in [5, 5.41) is 4.64. The van der Waals surface area contributed by atoms with Crippen molar-refractivity contribution >= 4 is 22.9 Å². The highest BCUT2D eigenvalue weighted by Crippen LogP contribution is 2.31. The lowest BCUT2D eigenvalue weighted by Gasteiger charge is -2.22. The van der Waals surface area contributed by atoms with Gasteiger partial charge < -0.3 is 18.7 Å². The minimum atomic E-state index is -0.103. The second kappa shape index (κ2) is 7.35. The number of aromatic nitrogens is 2. The zero-order valence-corrected chi connectivity index (χ0v) is 17.1. The fraction of sp³-hybridized carbons (Fsp3) is 0.429. The van der Waals surface area contributed by atoms with Crippen molar-refractivity contribution in [3.63, 3.8) is 0 Å². The molecule has 1 aliphatic heterocycles. The van der Waals surface area contributed by atoms with Crippen LogP contribution in [0.3, 0.4) is 0 Å². The fourth-order valence-electron chi connectivity index (χ4n) is 3.89. The average molecular weight is 396 g/mol. The predicted octanol–water partition coefficient (Wildman–Crippen LogP) is 3.10. The number of rotatable bonds is 2. The van der Waals surface area contributed by atoms with E-state index in [0.717, 1.165) is 23.5 Å². The molecule has 3 aromatic heterocycles. The molecule has 8 heteroatoms. The van der Waals surface area contributed by atoms with Gasteiger partial charge in [0.15, 0.2) is 0 Å². The Balaban J connectivity index is 1.76. The largest absolute Gasteiger partial charge is 0.466 e. The second-order valence-electron chi connectivity index (χ2n) is 7.48. The summed E-state index contributed by atoms with van der Waals surface area (Å²) in [6, 6.07) is 3.69. The Labute approximate surface area is 168 Å². The van der Waals surface area contributed by atoms with Crippen LogP contribution in [-0.2, 0) is 4.79 Å². The number of carbonyl (C=O) groups excluding carboxylic acids is 2. The lowest BCUT2D eigenvalue weighted by Crippen LogP contribution is -2.36. The van der Waals surface area contributed by atoms with Gasteiger partial charge in [0.2, 0.25) is 5.91 Å². The molecule has 152 valence electrons. The molecule has 8 nitrogen and oxygen atoms in total. The van der Waals surface area contributed by atoms with Gasteiger partial charge in [0.05, 0.1) is 22.3 Å². The summed E-state index contributed by atoms with van der Waals surface area (Å²) in [4.78, 5) is 33.3. The third-order valence-corrected chi connectivity index (χ3v) is 5.39. The van der Waals surface area contributed by atoms with Crippen molar-refractivity contribution in [3.05, 3.63) is 34.9 Å². The number of hydrogen-bond donors (Lipinski definition) is 0. The zero-order chi connectivity index (χ0) is 20.7. The molecule has 0 aliphatic carbocycles. The van der Waals surface area contributed by atoms with Crippen molar-refractivity contribution in [2.45, 2.75) is 34.1 Å². The number of pyridine rings is 1. The molecule has 29 heavy (non-hydrogen) atoms. The molecule has 0 saturated carbocycles. The van der Waals surface area contributed by atoms with E-state index in [1.54, 1.807) is 29.7 Å². The third-order valence-electron chi connectivity index (χ3n) is 5.39. The van der Waals surface area contributed by atoms with E-state index >= 15 is 0 Å². The average Bonchev–Trinajstić information content (AvgIpc) is 3.10. The Hall–Kier alpha value is -3.16. The number of carbonyl (C=O) groups is 2. The first-order valence-electron chi connectivity index (χ1n) is 9.74. The van der Waals surface area contributed by atoms with E-state index < -0.39 is 0 Å². The number of nitrogens with zero attached hydrogens (tertiary/aromatic N) is 4. The lowest BCUT2D eigenvalue weighted by molar-refractivity contribution is -0.128. The molecule has 0 aromatic carbocycles. The number of amides is 2. The molecule has 4 heterocycles. The van der Waals surface area contributed by atoms with E-state index in [1.807, 2.05) is 19.9 Å². The SMILES string of the molecule is CC(=O)N1CCCN(C(=O)c2cc(-c3cc(C)oc3C)nc3onc(C)c23)CC1. The first-order chi connectivity index (χ1) is 13.8. The molecule has 0 radical (unpaired) electrons. The molecule has 1 fully saturated rings. The van der Waals surface area contributed by atoms with E-state index in [0.29, 0.717) is 54.2 Å². The number of fused-ring (bicyclic) bond motifs is 1. The Morgan fingerprint density at radius 1 is 1.03 bits per heavy atom. The van der Waals surface area contributed by atoms with E-state index in [2.05, 4.69) is 10.1 Å². The fourth-order valence-corrected chi connectivity index (χ4v) is 3.89. The van der Waals surface area contributed by atoms with Gasteiger partial charge in [0.25, 0.3) is 11.6 Å². The van der Waals surface area contributed by atoms with E-state index in [4.69, 9.17) is 8.94 Å². The van der Waals surface area contributed by atoms with Gasteiger partial charge in [0.1, 0.15) is 11.5 Å². The van der Waals surface area contributed by atoms with Crippen LogP contribution in [-0.4, -0.2) is 57.9 Å². The Kier molecular flexibility index (Phi) is 4.86. The van der Waals surface area contributed by atoms with Gasteiger partial charge in [-0.25, -0.2) is 4.98 Å². The van der Waals surface area contributed by atoms with Crippen LogP contribution in [0.1, 0.15) is 40.9 Å². The summed E-state index contributed by atoms with van der Waals surface area (Å²) < 4.78 is 11.0. The maximum Gasteiger partial charge on any atom is 0.259 e. The van der Waals surface area contributed by atoms with Crippen molar-refractivity contribution in [1.82, 2.24) is 19.9 Å². The highest BCUT2D eigenvalue weighted by molar-refractivity contribution is 6.07. The Morgan fingerprint density at radius 3 is 2.45 bits per heavy atom. The molecule has 0 atom stereocenters. The van der Waals surface area contributed by atoms with Gasteiger partial charge in [-0.3, -0.25) is 9.59 Å². The summed E-state index contributed by atoms with van der Waals surface area (Å²) in [5.74, 6) is 1.44. The topological polar surface area (TPSA) is 92.7 Å². The van der Waals surface area contributed by atoms with Crippen molar-refractivity contribution in [3.8, 4) is 11.3 Å².